The molecule has 532 valence electrons. The Kier molecular flexibility index (Phi) is 27.3. The minimum absolute atomic E-state index is 0.787. The van der Waals surface area contributed by atoms with E-state index in [1.54, 1.807) is 0 Å². The average molecular weight is 1390 g/mol. The molecule has 12 heteroatoms. The van der Waals surface area contributed by atoms with Crippen LogP contribution in [0, 0.1) is 62.3 Å². The molecule has 3 aliphatic rings. The number of nitrogens with zero attached hydrogens (tertiary/aromatic N) is 9. The maximum atomic E-state index is 5.41. The van der Waals surface area contributed by atoms with Gasteiger partial charge in [0.05, 0.1) is 79.5 Å². The predicted octanol–water partition coefficient (Wildman–Crippen LogP) is 20.4. The van der Waals surface area contributed by atoms with Gasteiger partial charge < -0.3 is 28.9 Å². The van der Waals surface area contributed by atoms with Crippen LogP contribution in [0.1, 0.15) is 50.1 Å². The highest BCUT2D eigenvalue weighted by atomic mass is 16.5. The molecule has 13 aromatic rings. The summed E-state index contributed by atoms with van der Waals surface area (Å²) in [5.74, 6) is 3.18. The van der Waals surface area contributed by atoms with Gasteiger partial charge in [0.25, 0.3) is 0 Å². The minimum atomic E-state index is 0.787. The topological polar surface area (TPSA) is 115 Å². The molecule has 3 aliphatic heterocycles. The molecule has 105 heavy (non-hydrogen) atoms. The van der Waals surface area contributed by atoms with Crippen LogP contribution in [-0.4, -0.2) is 109 Å². The van der Waals surface area contributed by atoms with E-state index >= 15 is 0 Å². The standard InChI is InChI=1S/C18H15N.2C17H20N2O.C16H18N2O.C13H13N.C12H11N/c1-14-12-17(15-8-4-2-5-9-15)19-18(13-14)16-10-6-3-7-11-16;1-13-3-5-15(6-4-13)16-11-14(2)12-17(18-16)19-7-9-20-10-8-19;1-13-4-3-5-15(10-13)16-11-14(2)12-17(18-16)19-6-8-20-9-7-19;1-13-11-15(14-5-3-2-4-6-14)17-16(12-13)18-7-9-19-10-8-18;1-10-4-3-5-12(8-10)13-9-11(2)6-7-14-13;1-10-7-8-13-12(9-10)11-5-3-2-4-6-11/h2-13H,1H3;3-6,11-12H,7-10H2,1-2H3;3-5,10-12H,6-9H2,1-2H3;2-6,11-12H,7-10H2,1H3;3-9H,1-2H3;2-9H,1H3. The van der Waals surface area contributed by atoms with E-state index in [-0.39, 0.29) is 0 Å². The van der Waals surface area contributed by atoms with Gasteiger partial charge in [-0.3, -0.25) is 9.97 Å². The van der Waals surface area contributed by atoms with Crippen molar-refractivity contribution in [2.75, 3.05) is 93.6 Å². The molecule has 0 atom stereocenters. The van der Waals surface area contributed by atoms with Gasteiger partial charge in [-0.25, -0.2) is 19.9 Å². The highest BCUT2D eigenvalue weighted by molar-refractivity contribution is 5.69. The minimum Gasteiger partial charge on any atom is -0.378 e. The molecule has 12 nitrogen and oxygen atoms in total. The summed E-state index contributed by atoms with van der Waals surface area (Å²) in [6.45, 7) is 29.2. The normalized spacial score (nSPS) is 13.1. The largest absolute Gasteiger partial charge is 0.378 e. The number of aryl methyl sites for hydroxylation is 9. The van der Waals surface area contributed by atoms with Crippen molar-refractivity contribution < 1.29 is 14.2 Å². The Morgan fingerprint density at radius 3 is 0.800 bits per heavy atom. The molecule has 0 aliphatic carbocycles. The lowest BCUT2D eigenvalue weighted by Crippen LogP contribution is -2.36. The van der Waals surface area contributed by atoms with Gasteiger partial charge in [-0.1, -0.05) is 199 Å². The van der Waals surface area contributed by atoms with Crippen LogP contribution >= 0.6 is 0 Å². The highest BCUT2D eigenvalue weighted by Crippen LogP contribution is 2.29. The quantitative estimate of drug-likeness (QED) is 0.130. The molecule has 16 rings (SSSR count). The lowest BCUT2D eigenvalue weighted by molar-refractivity contribution is 0.122. The Hall–Kier alpha value is -11.3. The molecule has 0 spiro atoms. The van der Waals surface area contributed by atoms with Crippen LogP contribution in [0.3, 0.4) is 0 Å². The molecule has 0 N–H and O–H groups in total. The Labute approximate surface area is 622 Å². The summed E-state index contributed by atoms with van der Waals surface area (Å²) < 4.78 is 16.2. The van der Waals surface area contributed by atoms with Crippen LogP contribution in [0.15, 0.2) is 279 Å². The third-order valence-electron chi connectivity index (χ3n) is 17.9. The second-order valence-electron chi connectivity index (χ2n) is 26.9. The second-order valence-corrected chi connectivity index (χ2v) is 26.9. The SMILES string of the molecule is Cc1cc(-c2ccccc2)nc(-c2ccccc2)c1.Cc1cc(-c2ccccc2)nc(N2CCOCC2)c1.Cc1ccc(-c2cc(C)cc(N3CCOCC3)n2)cc1.Cc1cccc(-c2cc(C)cc(N3CCOCC3)n2)c1.Cc1cccc(-c2cc(C)ccn2)c1.Cc1ccnc(-c2ccccc2)c1. The number of aromatic nitrogens is 6. The van der Waals surface area contributed by atoms with Crippen molar-refractivity contribution in [3.8, 4) is 78.8 Å². The number of benzene rings is 7. The van der Waals surface area contributed by atoms with Crippen molar-refractivity contribution >= 4 is 17.5 Å². The Morgan fingerprint density at radius 1 is 0.210 bits per heavy atom. The lowest BCUT2D eigenvalue weighted by Gasteiger charge is -2.28. The van der Waals surface area contributed by atoms with E-state index in [0.717, 1.165) is 147 Å². The van der Waals surface area contributed by atoms with Crippen LogP contribution in [0.5, 0.6) is 0 Å². The fraction of sp³-hybridized carbons (Fsp3) is 0.226. The van der Waals surface area contributed by atoms with Crippen molar-refractivity contribution in [1.82, 2.24) is 29.9 Å². The third-order valence-corrected chi connectivity index (χ3v) is 17.9. The van der Waals surface area contributed by atoms with Crippen LogP contribution in [0.2, 0.25) is 0 Å². The molecule has 7 aromatic carbocycles. The fourth-order valence-electron chi connectivity index (χ4n) is 12.4. The van der Waals surface area contributed by atoms with Gasteiger partial charge >= 0.3 is 0 Å². The maximum absolute atomic E-state index is 5.41. The first kappa shape index (κ1) is 74.9. The monoisotopic (exact) mass is 1390 g/mol. The molecule has 0 amide bonds. The van der Waals surface area contributed by atoms with E-state index in [4.69, 9.17) is 34.1 Å². The molecule has 0 saturated carbocycles. The molecule has 9 heterocycles. The van der Waals surface area contributed by atoms with Crippen molar-refractivity contribution in [3.05, 3.63) is 329 Å². The number of rotatable bonds is 10. The summed E-state index contributed by atoms with van der Waals surface area (Å²) in [5.41, 5.74) is 26.8. The summed E-state index contributed by atoms with van der Waals surface area (Å²) in [5, 5.41) is 0. The average Bonchev–Trinajstić information content (AvgIpc) is 0.841. The first-order valence-corrected chi connectivity index (χ1v) is 36.4. The smallest absolute Gasteiger partial charge is 0.129 e. The zero-order valence-corrected chi connectivity index (χ0v) is 62.3. The number of ether oxygens (including phenoxy) is 3. The van der Waals surface area contributed by atoms with Gasteiger partial charge in [-0.05, 0) is 181 Å². The summed E-state index contributed by atoms with van der Waals surface area (Å²) in [6, 6.07) is 92.0. The molecule has 3 fully saturated rings. The van der Waals surface area contributed by atoms with Gasteiger partial charge in [0.2, 0.25) is 0 Å². The van der Waals surface area contributed by atoms with E-state index in [9.17, 15) is 0 Å². The molecule has 0 bridgehead atoms. The number of pyridine rings is 6. The first-order valence-electron chi connectivity index (χ1n) is 36.4. The van der Waals surface area contributed by atoms with Crippen molar-refractivity contribution in [1.29, 1.82) is 0 Å². The fourth-order valence-corrected chi connectivity index (χ4v) is 12.4. The van der Waals surface area contributed by atoms with Crippen LogP contribution in [-0.2, 0) is 14.2 Å². The van der Waals surface area contributed by atoms with Gasteiger partial charge in [0.15, 0.2) is 0 Å². The number of hydrogen-bond acceptors (Lipinski definition) is 12. The third kappa shape index (κ3) is 22.9. The summed E-state index contributed by atoms with van der Waals surface area (Å²) in [7, 11) is 0. The van der Waals surface area contributed by atoms with Gasteiger partial charge in [0, 0.05) is 90.6 Å². The van der Waals surface area contributed by atoms with Crippen molar-refractivity contribution in [2.45, 2.75) is 62.3 Å². The van der Waals surface area contributed by atoms with Crippen LogP contribution in [0.25, 0.3) is 78.8 Å². The predicted molar refractivity (Wildman–Crippen MR) is 435 cm³/mol. The second kappa shape index (κ2) is 38.3. The summed E-state index contributed by atoms with van der Waals surface area (Å²) in [6.07, 6.45) is 3.70. The molecule has 0 unspecified atom stereocenters. The zero-order valence-electron chi connectivity index (χ0n) is 62.3. The Bertz CT molecular complexity index is 4730. The summed E-state index contributed by atoms with van der Waals surface area (Å²) in [4.78, 5) is 34.8. The van der Waals surface area contributed by atoms with Crippen molar-refractivity contribution in [2.24, 2.45) is 0 Å². The van der Waals surface area contributed by atoms with Gasteiger partial charge in [0.1, 0.15) is 17.5 Å². The Morgan fingerprint density at radius 2 is 0.467 bits per heavy atom. The lowest BCUT2D eigenvalue weighted by atomic mass is 10.1. The van der Waals surface area contributed by atoms with E-state index in [2.05, 4.69) is 269 Å². The zero-order chi connectivity index (χ0) is 73.1. The highest BCUT2D eigenvalue weighted by Gasteiger charge is 2.18. The molecule has 3 saturated heterocycles. The molecule has 0 radical (unpaired) electrons. The molecule has 6 aromatic heterocycles. The van der Waals surface area contributed by atoms with E-state index < -0.39 is 0 Å². The number of morpholine rings is 3. The maximum Gasteiger partial charge on any atom is 0.129 e. The van der Waals surface area contributed by atoms with Crippen LogP contribution in [0.4, 0.5) is 17.5 Å². The van der Waals surface area contributed by atoms with Crippen molar-refractivity contribution in [3.63, 3.8) is 0 Å². The van der Waals surface area contributed by atoms with E-state index in [1.165, 1.54) is 77.9 Å². The van der Waals surface area contributed by atoms with Crippen LogP contribution < -0.4 is 14.7 Å². The first-order chi connectivity index (χ1) is 51.2. The van der Waals surface area contributed by atoms with Gasteiger partial charge in [-0.15, -0.1) is 0 Å². The Balaban J connectivity index is 0.000000127. The summed E-state index contributed by atoms with van der Waals surface area (Å²) >= 11 is 0. The van der Waals surface area contributed by atoms with E-state index in [0.29, 0.717) is 0 Å². The molecular formula is C93H97N9O3. The van der Waals surface area contributed by atoms with E-state index in [1.807, 2.05) is 97.3 Å². The molecular weight excluding hydrogens is 1290 g/mol. The van der Waals surface area contributed by atoms with Gasteiger partial charge in [-0.2, -0.15) is 0 Å². The number of hydrogen-bond donors (Lipinski definition) is 0. The number of anilines is 3.